The fourth-order valence-corrected chi connectivity index (χ4v) is 2.43. The molecule has 2 aromatic heterocycles. The van der Waals surface area contributed by atoms with Crippen LogP contribution in [0.2, 0.25) is 0 Å². The highest BCUT2D eigenvalue weighted by molar-refractivity contribution is 5.95. The average Bonchev–Trinajstić information content (AvgIpc) is 2.91. The molecule has 3 aromatic rings. The summed E-state index contributed by atoms with van der Waals surface area (Å²) in [5.74, 6) is 0.901. The van der Waals surface area contributed by atoms with Crippen molar-refractivity contribution in [2.24, 2.45) is 19.8 Å². The van der Waals surface area contributed by atoms with Crippen LogP contribution < -0.4 is 5.73 Å². The normalized spacial score (nSPS) is 11.3. The molecule has 1 aromatic carbocycles. The highest BCUT2D eigenvalue weighted by Gasteiger charge is 2.12. The first kappa shape index (κ1) is 11.0. The van der Waals surface area contributed by atoms with E-state index in [1.807, 2.05) is 13.2 Å². The molecule has 3 rings (SSSR count). The Morgan fingerprint density at radius 3 is 2.72 bits per heavy atom. The van der Waals surface area contributed by atoms with Crippen molar-refractivity contribution in [3.8, 4) is 11.3 Å². The van der Waals surface area contributed by atoms with E-state index in [0.29, 0.717) is 6.54 Å². The standard InChI is InChI=1S/C14H16N4/c1-17-9-11(10-5-3-4-6-12(10)17)13-8-16-14(7-15)18(13)2/h3-6,8-9H,7,15H2,1-2H3. The third kappa shape index (κ3) is 1.46. The lowest BCUT2D eigenvalue weighted by molar-refractivity contribution is 0.799. The molecule has 0 unspecified atom stereocenters. The summed E-state index contributed by atoms with van der Waals surface area (Å²) < 4.78 is 4.20. The Balaban J connectivity index is 2.28. The van der Waals surface area contributed by atoms with Gasteiger partial charge < -0.3 is 14.9 Å². The van der Waals surface area contributed by atoms with Gasteiger partial charge in [0.25, 0.3) is 0 Å². The van der Waals surface area contributed by atoms with Gasteiger partial charge in [0.2, 0.25) is 0 Å². The fraction of sp³-hybridized carbons (Fsp3) is 0.214. The quantitative estimate of drug-likeness (QED) is 0.745. The molecule has 0 radical (unpaired) electrons. The first-order valence-electron chi connectivity index (χ1n) is 5.97. The van der Waals surface area contributed by atoms with Crippen LogP contribution in [0.25, 0.3) is 22.2 Å². The lowest BCUT2D eigenvalue weighted by atomic mass is 10.1. The summed E-state index contributed by atoms with van der Waals surface area (Å²) in [6, 6.07) is 8.38. The van der Waals surface area contributed by atoms with Crippen LogP contribution in [0.4, 0.5) is 0 Å². The van der Waals surface area contributed by atoms with E-state index >= 15 is 0 Å². The zero-order valence-electron chi connectivity index (χ0n) is 10.6. The van der Waals surface area contributed by atoms with E-state index in [1.165, 1.54) is 16.5 Å². The highest BCUT2D eigenvalue weighted by Crippen LogP contribution is 2.30. The molecule has 0 bridgehead atoms. The Hall–Kier alpha value is -2.07. The maximum absolute atomic E-state index is 5.67. The second-order valence-corrected chi connectivity index (χ2v) is 4.49. The molecule has 2 heterocycles. The number of nitrogens with zero attached hydrogens (tertiary/aromatic N) is 3. The van der Waals surface area contributed by atoms with Gasteiger partial charge in [0.05, 0.1) is 18.4 Å². The fourth-order valence-electron chi connectivity index (χ4n) is 2.43. The van der Waals surface area contributed by atoms with Gasteiger partial charge in [-0.15, -0.1) is 0 Å². The predicted octanol–water partition coefficient (Wildman–Crippen LogP) is 2.04. The van der Waals surface area contributed by atoms with Crippen molar-refractivity contribution < 1.29 is 0 Å². The molecule has 0 fully saturated rings. The van der Waals surface area contributed by atoms with E-state index in [0.717, 1.165) is 11.5 Å². The van der Waals surface area contributed by atoms with Gasteiger partial charge in [-0.05, 0) is 6.07 Å². The lowest BCUT2D eigenvalue weighted by Gasteiger charge is -2.03. The van der Waals surface area contributed by atoms with E-state index in [4.69, 9.17) is 5.73 Å². The maximum atomic E-state index is 5.67. The molecule has 4 nitrogen and oxygen atoms in total. The highest BCUT2D eigenvalue weighted by atomic mass is 15.1. The Morgan fingerprint density at radius 1 is 1.22 bits per heavy atom. The number of hydrogen-bond donors (Lipinski definition) is 1. The summed E-state index contributed by atoms with van der Waals surface area (Å²) >= 11 is 0. The zero-order valence-corrected chi connectivity index (χ0v) is 10.6. The summed E-state index contributed by atoms with van der Waals surface area (Å²) in [4.78, 5) is 4.36. The van der Waals surface area contributed by atoms with Crippen molar-refractivity contribution in [1.29, 1.82) is 0 Å². The summed E-state index contributed by atoms with van der Waals surface area (Å²) in [5, 5.41) is 1.24. The van der Waals surface area contributed by atoms with E-state index < -0.39 is 0 Å². The topological polar surface area (TPSA) is 48.8 Å². The number of fused-ring (bicyclic) bond motifs is 1. The second kappa shape index (κ2) is 3.99. The van der Waals surface area contributed by atoms with E-state index in [9.17, 15) is 0 Å². The third-order valence-corrected chi connectivity index (χ3v) is 3.44. The van der Waals surface area contributed by atoms with Gasteiger partial charge >= 0.3 is 0 Å². The molecule has 92 valence electrons. The van der Waals surface area contributed by atoms with Crippen molar-refractivity contribution in [1.82, 2.24) is 14.1 Å². The van der Waals surface area contributed by atoms with Gasteiger partial charge in [-0.2, -0.15) is 0 Å². The number of hydrogen-bond acceptors (Lipinski definition) is 2. The molecule has 0 amide bonds. The molecule has 18 heavy (non-hydrogen) atoms. The lowest BCUT2D eigenvalue weighted by Crippen LogP contribution is -2.05. The van der Waals surface area contributed by atoms with Crippen LogP contribution in [-0.4, -0.2) is 14.1 Å². The van der Waals surface area contributed by atoms with Crippen LogP contribution in [0.3, 0.4) is 0 Å². The minimum Gasteiger partial charge on any atom is -0.350 e. The zero-order chi connectivity index (χ0) is 12.7. The smallest absolute Gasteiger partial charge is 0.122 e. The summed E-state index contributed by atoms with van der Waals surface area (Å²) in [7, 11) is 4.07. The van der Waals surface area contributed by atoms with Crippen LogP contribution in [0.15, 0.2) is 36.7 Å². The molecular weight excluding hydrogens is 224 g/mol. The van der Waals surface area contributed by atoms with Crippen LogP contribution in [0.1, 0.15) is 5.82 Å². The molecule has 0 aliphatic carbocycles. The predicted molar refractivity (Wildman–Crippen MR) is 73.0 cm³/mol. The molecule has 0 saturated carbocycles. The SMILES string of the molecule is Cn1c(-c2cn(C)c3ccccc23)cnc1CN. The van der Waals surface area contributed by atoms with Crippen molar-refractivity contribution in [3.05, 3.63) is 42.5 Å². The molecule has 0 saturated heterocycles. The monoisotopic (exact) mass is 240 g/mol. The third-order valence-electron chi connectivity index (χ3n) is 3.44. The number of para-hydroxylation sites is 1. The average molecular weight is 240 g/mol. The Kier molecular flexibility index (Phi) is 2.45. The van der Waals surface area contributed by atoms with Crippen LogP contribution in [-0.2, 0) is 20.6 Å². The first-order valence-corrected chi connectivity index (χ1v) is 5.97. The minimum atomic E-state index is 0.460. The summed E-state index contributed by atoms with van der Waals surface area (Å²) in [6.07, 6.45) is 4.03. The largest absolute Gasteiger partial charge is 0.350 e. The molecule has 0 aliphatic rings. The second-order valence-electron chi connectivity index (χ2n) is 4.49. The number of imidazole rings is 1. The molecule has 0 atom stereocenters. The summed E-state index contributed by atoms with van der Waals surface area (Å²) in [5.41, 5.74) is 9.20. The number of rotatable bonds is 2. The van der Waals surface area contributed by atoms with Gasteiger partial charge in [-0.1, -0.05) is 18.2 Å². The minimum absolute atomic E-state index is 0.460. The van der Waals surface area contributed by atoms with Crippen molar-refractivity contribution in [2.45, 2.75) is 6.54 Å². The van der Waals surface area contributed by atoms with Gasteiger partial charge in [-0.3, -0.25) is 0 Å². The Labute approximate surface area is 106 Å². The van der Waals surface area contributed by atoms with Crippen molar-refractivity contribution in [3.63, 3.8) is 0 Å². The molecule has 0 aliphatic heterocycles. The first-order chi connectivity index (χ1) is 8.72. The number of aromatic nitrogens is 3. The van der Waals surface area contributed by atoms with Crippen LogP contribution >= 0.6 is 0 Å². The maximum Gasteiger partial charge on any atom is 0.122 e. The number of nitrogens with two attached hydrogens (primary N) is 1. The van der Waals surface area contributed by atoms with E-state index in [2.05, 4.69) is 51.6 Å². The van der Waals surface area contributed by atoms with Gasteiger partial charge in [-0.25, -0.2) is 4.98 Å². The van der Waals surface area contributed by atoms with Crippen LogP contribution in [0.5, 0.6) is 0 Å². The van der Waals surface area contributed by atoms with Gasteiger partial charge in [0, 0.05) is 36.8 Å². The molecule has 4 heteroatoms. The van der Waals surface area contributed by atoms with Gasteiger partial charge in [0.1, 0.15) is 5.82 Å². The van der Waals surface area contributed by atoms with Crippen LogP contribution in [0, 0.1) is 0 Å². The van der Waals surface area contributed by atoms with Crippen molar-refractivity contribution >= 4 is 10.9 Å². The molecule has 2 N–H and O–H groups in total. The Bertz CT molecular complexity index is 706. The number of benzene rings is 1. The Morgan fingerprint density at radius 2 is 2.00 bits per heavy atom. The van der Waals surface area contributed by atoms with Crippen molar-refractivity contribution in [2.75, 3.05) is 0 Å². The summed E-state index contributed by atoms with van der Waals surface area (Å²) in [6.45, 7) is 0.460. The van der Waals surface area contributed by atoms with Gasteiger partial charge in [0.15, 0.2) is 0 Å². The molecular formula is C14H16N4. The molecule has 0 spiro atoms. The van der Waals surface area contributed by atoms with E-state index in [1.54, 1.807) is 0 Å². The van der Waals surface area contributed by atoms with E-state index in [-0.39, 0.29) is 0 Å². The number of aryl methyl sites for hydroxylation is 1.